The van der Waals surface area contributed by atoms with Gasteiger partial charge in [-0.1, -0.05) is 18.2 Å². The highest BCUT2D eigenvalue weighted by atomic mass is 16.6. The second-order valence-electron chi connectivity index (χ2n) is 11.4. The predicted octanol–water partition coefficient (Wildman–Crippen LogP) is 5.59. The van der Waals surface area contributed by atoms with E-state index in [2.05, 4.69) is 46.8 Å². The molecule has 0 radical (unpaired) electrons. The summed E-state index contributed by atoms with van der Waals surface area (Å²) < 4.78 is 8.04. The fourth-order valence-corrected chi connectivity index (χ4v) is 5.76. The van der Waals surface area contributed by atoms with E-state index in [0.717, 1.165) is 68.7 Å². The Morgan fingerprint density at radius 1 is 1.14 bits per heavy atom. The number of likely N-dealkylation sites (tertiary alicyclic amines) is 1. The zero-order valence-corrected chi connectivity index (χ0v) is 22.1. The molecule has 3 aromatic rings. The summed E-state index contributed by atoms with van der Waals surface area (Å²) in [5.41, 5.74) is 4.31. The Morgan fingerprint density at radius 2 is 1.97 bits per heavy atom. The van der Waals surface area contributed by atoms with Gasteiger partial charge < -0.3 is 14.2 Å². The molecule has 2 aliphatic rings. The van der Waals surface area contributed by atoms with E-state index in [9.17, 15) is 4.79 Å². The first-order valence-electron chi connectivity index (χ1n) is 13.3. The number of hydrogen-bond acceptors (Lipinski definition) is 5. The second kappa shape index (κ2) is 10.2. The average Bonchev–Trinajstić information content (AvgIpc) is 3.19. The minimum Gasteiger partial charge on any atom is -0.444 e. The standard InChI is InChI=1S/C29H39N5O2/c1-29(2,3)36-28(35)33-17-9-10-21(18-33)19-34-24-14-6-5-13-23(24)31-26(34)20-32(4)25-15-7-11-22-12-8-16-30-27(22)25/h5-6,8,12-14,16,21,25H,7,9-11,15,17-20H2,1-4H3/t21-,25-/m0/s1. The maximum absolute atomic E-state index is 12.7. The summed E-state index contributed by atoms with van der Waals surface area (Å²) in [5, 5.41) is 0. The number of fused-ring (bicyclic) bond motifs is 2. The molecule has 1 aliphatic carbocycles. The monoisotopic (exact) mass is 489 g/mol. The number of amides is 1. The minimum absolute atomic E-state index is 0.203. The molecule has 192 valence electrons. The van der Waals surface area contributed by atoms with Gasteiger partial charge in [-0.2, -0.15) is 0 Å². The van der Waals surface area contributed by atoms with Crippen LogP contribution >= 0.6 is 0 Å². The van der Waals surface area contributed by atoms with E-state index >= 15 is 0 Å². The van der Waals surface area contributed by atoms with Crippen LogP contribution in [0.3, 0.4) is 0 Å². The van der Waals surface area contributed by atoms with Crippen LogP contribution < -0.4 is 0 Å². The smallest absolute Gasteiger partial charge is 0.410 e. The van der Waals surface area contributed by atoms with E-state index in [1.54, 1.807) is 0 Å². The molecule has 7 heteroatoms. The lowest BCUT2D eigenvalue weighted by atomic mass is 9.91. The molecule has 1 amide bonds. The Bertz CT molecular complexity index is 1210. The summed E-state index contributed by atoms with van der Waals surface area (Å²) >= 11 is 0. The van der Waals surface area contributed by atoms with Crippen molar-refractivity contribution >= 4 is 17.1 Å². The number of benzene rings is 1. The molecular formula is C29H39N5O2. The first-order chi connectivity index (χ1) is 17.3. The molecule has 1 aromatic carbocycles. The molecule has 2 atom stereocenters. The summed E-state index contributed by atoms with van der Waals surface area (Å²) in [4.78, 5) is 26.9. The number of ether oxygens (including phenoxy) is 1. The van der Waals surface area contributed by atoms with Gasteiger partial charge in [-0.05, 0) is 89.6 Å². The normalized spacial score (nSPS) is 20.5. The Hall–Kier alpha value is -2.93. The van der Waals surface area contributed by atoms with Crippen molar-refractivity contribution in [1.29, 1.82) is 0 Å². The first-order valence-corrected chi connectivity index (χ1v) is 13.3. The second-order valence-corrected chi connectivity index (χ2v) is 11.4. The van der Waals surface area contributed by atoms with E-state index in [1.165, 1.54) is 17.7 Å². The molecule has 7 nitrogen and oxygen atoms in total. The van der Waals surface area contributed by atoms with Crippen molar-refractivity contribution in [1.82, 2.24) is 24.3 Å². The quantitative estimate of drug-likeness (QED) is 0.468. The van der Waals surface area contributed by atoms with Gasteiger partial charge in [0, 0.05) is 25.8 Å². The van der Waals surface area contributed by atoms with Gasteiger partial charge in [0.2, 0.25) is 0 Å². The minimum atomic E-state index is -0.477. The zero-order chi connectivity index (χ0) is 25.3. The summed E-state index contributed by atoms with van der Waals surface area (Å²) in [5.74, 6) is 1.45. The maximum Gasteiger partial charge on any atom is 0.410 e. The van der Waals surface area contributed by atoms with Crippen molar-refractivity contribution in [2.75, 3.05) is 20.1 Å². The zero-order valence-electron chi connectivity index (χ0n) is 22.1. The highest BCUT2D eigenvalue weighted by Crippen LogP contribution is 2.33. The summed E-state index contributed by atoms with van der Waals surface area (Å²) in [6.45, 7) is 8.86. The largest absolute Gasteiger partial charge is 0.444 e. The molecular weight excluding hydrogens is 450 g/mol. The number of rotatable bonds is 5. The lowest BCUT2D eigenvalue weighted by molar-refractivity contribution is 0.0157. The molecule has 1 fully saturated rings. The van der Waals surface area contributed by atoms with Crippen LogP contribution in [-0.4, -0.2) is 56.2 Å². The van der Waals surface area contributed by atoms with Crippen LogP contribution in [0.15, 0.2) is 42.6 Å². The van der Waals surface area contributed by atoms with E-state index < -0.39 is 5.60 Å². The first kappa shape index (κ1) is 24.8. The van der Waals surface area contributed by atoms with Crippen molar-refractivity contribution in [3.05, 3.63) is 59.7 Å². The molecule has 0 spiro atoms. The molecule has 0 saturated carbocycles. The van der Waals surface area contributed by atoms with Gasteiger partial charge in [0.25, 0.3) is 0 Å². The third kappa shape index (κ3) is 5.41. The van der Waals surface area contributed by atoms with Crippen LogP contribution in [0.5, 0.6) is 0 Å². The lowest BCUT2D eigenvalue weighted by Gasteiger charge is -2.35. The van der Waals surface area contributed by atoms with Crippen LogP contribution in [0.2, 0.25) is 0 Å². The number of aryl methyl sites for hydroxylation is 1. The molecule has 3 heterocycles. The molecule has 0 unspecified atom stereocenters. The van der Waals surface area contributed by atoms with Gasteiger partial charge >= 0.3 is 6.09 Å². The Morgan fingerprint density at radius 3 is 2.81 bits per heavy atom. The van der Waals surface area contributed by atoms with Crippen molar-refractivity contribution in [2.45, 2.75) is 77.6 Å². The number of carbonyl (C=O) groups excluding carboxylic acids is 1. The summed E-state index contributed by atoms with van der Waals surface area (Å²) in [6.07, 6.45) is 7.23. The summed E-state index contributed by atoms with van der Waals surface area (Å²) in [7, 11) is 2.20. The van der Waals surface area contributed by atoms with Crippen LogP contribution in [0.25, 0.3) is 11.0 Å². The number of nitrogens with zero attached hydrogens (tertiary/aromatic N) is 5. The highest BCUT2D eigenvalue weighted by Gasteiger charge is 2.30. The topological polar surface area (TPSA) is 63.5 Å². The Labute approximate surface area is 214 Å². The molecule has 1 saturated heterocycles. The fraction of sp³-hybridized carbons (Fsp3) is 0.552. The van der Waals surface area contributed by atoms with Gasteiger partial charge in [-0.3, -0.25) is 9.88 Å². The van der Waals surface area contributed by atoms with Gasteiger partial charge in [0.15, 0.2) is 0 Å². The van der Waals surface area contributed by atoms with E-state index in [0.29, 0.717) is 12.0 Å². The summed E-state index contributed by atoms with van der Waals surface area (Å²) in [6, 6.07) is 13.0. The van der Waals surface area contributed by atoms with Crippen molar-refractivity contribution < 1.29 is 9.53 Å². The van der Waals surface area contributed by atoms with Crippen molar-refractivity contribution in [2.24, 2.45) is 5.92 Å². The third-order valence-electron chi connectivity index (χ3n) is 7.43. The molecule has 0 bridgehead atoms. The highest BCUT2D eigenvalue weighted by molar-refractivity contribution is 5.76. The van der Waals surface area contributed by atoms with Gasteiger partial charge in [-0.25, -0.2) is 9.78 Å². The van der Waals surface area contributed by atoms with Crippen LogP contribution in [-0.2, 0) is 24.2 Å². The third-order valence-corrected chi connectivity index (χ3v) is 7.43. The molecule has 2 aromatic heterocycles. The van der Waals surface area contributed by atoms with Crippen LogP contribution in [0.1, 0.15) is 69.6 Å². The Balaban J connectivity index is 1.36. The molecule has 1 aliphatic heterocycles. The molecule has 0 N–H and O–H groups in total. The SMILES string of the molecule is CN(Cc1nc2ccccc2n1C[C@H]1CCCN(C(=O)OC(C)(C)C)C1)[C@H]1CCCc2cccnc21. The van der Waals surface area contributed by atoms with Crippen LogP contribution in [0, 0.1) is 5.92 Å². The van der Waals surface area contributed by atoms with E-state index in [4.69, 9.17) is 14.7 Å². The number of aromatic nitrogens is 3. The number of piperidine rings is 1. The van der Waals surface area contributed by atoms with Gasteiger partial charge in [0.05, 0.1) is 29.3 Å². The fourth-order valence-electron chi connectivity index (χ4n) is 5.76. The van der Waals surface area contributed by atoms with E-state index in [-0.39, 0.29) is 6.09 Å². The molecule has 5 rings (SSSR count). The number of pyridine rings is 1. The van der Waals surface area contributed by atoms with E-state index in [1.807, 2.05) is 37.9 Å². The lowest BCUT2D eigenvalue weighted by Crippen LogP contribution is -2.43. The number of hydrogen-bond donors (Lipinski definition) is 0. The number of carbonyl (C=O) groups is 1. The predicted molar refractivity (Wildman–Crippen MR) is 142 cm³/mol. The average molecular weight is 490 g/mol. The van der Waals surface area contributed by atoms with Crippen molar-refractivity contribution in [3.63, 3.8) is 0 Å². The van der Waals surface area contributed by atoms with Gasteiger partial charge in [-0.15, -0.1) is 0 Å². The number of para-hydroxylation sites is 2. The van der Waals surface area contributed by atoms with Gasteiger partial charge in [0.1, 0.15) is 11.4 Å². The maximum atomic E-state index is 12.7. The van der Waals surface area contributed by atoms with Crippen LogP contribution in [0.4, 0.5) is 4.79 Å². The Kier molecular flexibility index (Phi) is 7.02. The van der Waals surface area contributed by atoms with Crippen molar-refractivity contribution in [3.8, 4) is 0 Å². The number of imidazole rings is 1. The molecule has 36 heavy (non-hydrogen) atoms.